The molecule has 0 amide bonds. The molecule has 2 fully saturated rings. The Morgan fingerprint density at radius 2 is 1.07 bits per heavy atom. The van der Waals surface area contributed by atoms with E-state index in [1.165, 1.54) is 64.2 Å². The van der Waals surface area contributed by atoms with Crippen molar-refractivity contribution in [2.24, 2.45) is 0 Å². The standard InChI is InChI=1S/2C6H11.CH3.ClH.Sn/c2*1-2-4-6-5-3-1;;;/h2*1H,2-6H2;1H3;1H;/q;;;;+1/p-1. The van der Waals surface area contributed by atoms with E-state index in [1.807, 2.05) is 0 Å². The van der Waals surface area contributed by atoms with Gasteiger partial charge in [-0.1, -0.05) is 0 Å². The van der Waals surface area contributed by atoms with Gasteiger partial charge < -0.3 is 0 Å². The third-order valence-electron chi connectivity index (χ3n) is 4.81. The van der Waals surface area contributed by atoms with Crippen molar-refractivity contribution in [3.05, 3.63) is 0 Å². The molecule has 2 saturated carbocycles. The van der Waals surface area contributed by atoms with Gasteiger partial charge in [-0.15, -0.1) is 0 Å². The van der Waals surface area contributed by atoms with Crippen LogP contribution in [0.15, 0.2) is 0 Å². The summed E-state index contributed by atoms with van der Waals surface area (Å²) in [4.78, 5) is 2.54. The van der Waals surface area contributed by atoms with E-state index in [9.17, 15) is 0 Å². The fraction of sp³-hybridized carbons (Fsp3) is 1.00. The quantitative estimate of drug-likeness (QED) is 0.587. The molecule has 0 heterocycles. The summed E-state index contributed by atoms with van der Waals surface area (Å²) in [7, 11) is 7.10. The fourth-order valence-corrected chi connectivity index (χ4v) is 17.3. The van der Waals surface area contributed by atoms with E-state index in [-0.39, 0.29) is 0 Å². The van der Waals surface area contributed by atoms with Gasteiger partial charge in [0.2, 0.25) is 0 Å². The molecule has 0 N–H and O–H groups in total. The molecule has 0 aromatic carbocycles. The van der Waals surface area contributed by atoms with Gasteiger partial charge in [0.25, 0.3) is 0 Å². The van der Waals surface area contributed by atoms with E-state index < -0.39 is 17.3 Å². The minimum atomic E-state index is -2.22. The molecule has 2 heteroatoms. The molecule has 0 bridgehead atoms. The van der Waals surface area contributed by atoms with E-state index in [2.05, 4.69) is 4.94 Å². The summed E-state index contributed by atoms with van der Waals surface area (Å²) in [6.07, 6.45) is 14.7. The molecular weight excluding hydrogens is 310 g/mol. The van der Waals surface area contributed by atoms with Gasteiger partial charge in [0.15, 0.2) is 0 Å². The van der Waals surface area contributed by atoms with Gasteiger partial charge in [-0.2, -0.15) is 0 Å². The molecule has 0 aromatic rings. The van der Waals surface area contributed by atoms with Gasteiger partial charge in [0.1, 0.15) is 0 Å². The Labute approximate surface area is 103 Å². The van der Waals surface area contributed by atoms with Gasteiger partial charge in [-0.05, 0) is 0 Å². The first-order chi connectivity index (χ1) is 7.21. The van der Waals surface area contributed by atoms with Crippen molar-refractivity contribution in [3.8, 4) is 0 Å². The third-order valence-corrected chi connectivity index (χ3v) is 21.4. The summed E-state index contributed by atoms with van der Waals surface area (Å²) in [5.41, 5.74) is 0. The zero-order valence-electron chi connectivity index (χ0n) is 10.1. The third kappa shape index (κ3) is 3.05. The first-order valence-corrected chi connectivity index (χ1v) is 16.7. The Balaban J connectivity index is 1.96. The molecule has 0 radical (unpaired) electrons. The zero-order valence-corrected chi connectivity index (χ0v) is 13.7. The summed E-state index contributed by atoms with van der Waals surface area (Å²) < 4.78 is 2.02. The predicted molar refractivity (Wildman–Crippen MR) is 71.1 cm³/mol. The van der Waals surface area contributed by atoms with Gasteiger partial charge in [-0.3, -0.25) is 0 Å². The van der Waals surface area contributed by atoms with Crippen molar-refractivity contribution in [1.82, 2.24) is 0 Å². The zero-order chi connectivity index (χ0) is 10.7. The molecule has 88 valence electrons. The van der Waals surface area contributed by atoms with Crippen molar-refractivity contribution >= 4 is 26.2 Å². The van der Waals surface area contributed by atoms with E-state index in [0.29, 0.717) is 0 Å². The average molecular weight is 336 g/mol. The van der Waals surface area contributed by atoms with Gasteiger partial charge >= 0.3 is 103 Å². The van der Waals surface area contributed by atoms with Crippen LogP contribution in [0.5, 0.6) is 0 Å². The van der Waals surface area contributed by atoms with Gasteiger partial charge in [0, 0.05) is 0 Å². The van der Waals surface area contributed by atoms with Crippen LogP contribution in [-0.4, -0.2) is 17.3 Å². The molecule has 0 aliphatic heterocycles. The molecule has 0 spiro atoms. The maximum atomic E-state index is 7.10. The number of halogens is 1. The normalized spacial score (nSPS) is 26.8. The van der Waals surface area contributed by atoms with Crippen LogP contribution in [0.1, 0.15) is 64.2 Å². The first kappa shape index (κ1) is 12.5. The monoisotopic (exact) mass is 336 g/mol. The molecule has 0 saturated heterocycles. The van der Waals surface area contributed by atoms with Crippen molar-refractivity contribution in [1.29, 1.82) is 0 Å². The summed E-state index contributed by atoms with van der Waals surface area (Å²) in [6, 6.07) is 0. The Hall–Kier alpha value is 1.09. The molecule has 2 aliphatic carbocycles. The molecule has 0 atom stereocenters. The Kier molecular flexibility index (Phi) is 4.70. The van der Waals surface area contributed by atoms with E-state index in [1.54, 1.807) is 0 Å². The van der Waals surface area contributed by atoms with Gasteiger partial charge in [-0.25, -0.2) is 0 Å². The van der Waals surface area contributed by atoms with E-state index in [4.69, 9.17) is 8.92 Å². The van der Waals surface area contributed by atoms with E-state index >= 15 is 0 Å². The average Bonchev–Trinajstić information content (AvgIpc) is 2.31. The van der Waals surface area contributed by atoms with Gasteiger partial charge in [0.05, 0.1) is 0 Å². The summed E-state index contributed by atoms with van der Waals surface area (Å²) in [5.74, 6) is 0. The second kappa shape index (κ2) is 5.62. The second-order valence-corrected chi connectivity index (χ2v) is 22.5. The Morgan fingerprint density at radius 1 is 0.733 bits per heavy atom. The summed E-state index contributed by atoms with van der Waals surface area (Å²) >= 11 is -2.22. The molecule has 2 rings (SSSR count). The van der Waals surface area contributed by atoms with Crippen LogP contribution in [0.25, 0.3) is 0 Å². The number of hydrogen-bond donors (Lipinski definition) is 0. The molecular formula is C13H25ClSn. The molecule has 2 aliphatic rings. The molecule has 15 heavy (non-hydrogen) atoms. The SMILES string of the molecule is [CH3][Sn]([Cl])([CH]1CCCCC1)[CH]1CCCCC1. The molecule has 0 aromatic heterocycles. The van der Waals surface area contributed by atoms with Crippen LogP contribution in [-0.2, 0) is 0 Å². The van der Waals surface area contributed by atoms with Crippen LogP contribution < -0.4 is 0 Å². The minimum absolute atomic E-state index is 1.01. The predicted octanol–water partition coefficient (Wildman–Crippen LogP) is 5.47. The number of rotatable bonds is 2. The molecule has 0 unspecified atom stereocenters. The van der Waals surface area contributed by atoms with Crippen LogP contribution >= 0.6 is 8.92 Å². The second-order valence-electron chi connectivity index (χ2n) is 5.82. The first-order valence-electron chi connectivity index (χ1n) is 6.90. The van der Waals surface area contributed by atoms with Crippen molar-refractivity contribution in [2.45, 2.75) is 77.0 Å². The van der Waals surface area contributed by atoms with Crippen molar-refractivity contribution in [3.63, 3.8) is 0 Å². The van der Waals surface area contributed by atoms with Crippen LogP contribution in [0, 0.1) is 0 Å². The van der Waals surface area contributed by atoms with Crippen LogP contribution in [0.4, 0.5) is 0 Å². The fourth-order valence-electron chi connectivity index (χ4n) is 3.67. The van der Waals surface area contributed by atoms with Crippen molar-refractivity contribution in [2.75, 3.05) is 0 Å². The van der Waals surface area contributed by atoms with Crippen molar-refractivity contribution < 1.29 is 0 Å². The Bertz CT molecular complexity index is 171. The summed E-state index contributed by atoms with van der Waals surface area (Å²) in [6.45, 7) is 0. The number of hydrogen-bond acceptors (Lipinski definition) is 0. The Morgan fingerprint density at radius 3 is 1.40 bits per heavy atom. The summed E-state index contributed by atoms with van der Waals surface area (Å²) in [5, 5.41) is 0. The van der Waals surface area contributed by atoms with Crippen LogP contribution in [0.2, 0.25) is 12.8 Å². The maximum absolute atomic E-state index is 7.10. The molecule has 0 nitrogen and oxygen atoms in total. The topological polar surface area (TPSA) is 0 Å². The van der Waals surface area contributed by atoms with Crippen LogP contribution in [0.3, 0.4) is 0 Å². The van der Waals surface area contributed by atoms with E-state index in [0.717, 1.165) is 7.87 Å².